The smallest absolute Gasteiger partial charge is 0.213 e. The first kappa shape index (κ1) is 28.2. The van der Waals surface area contributed by atoms with E-state index in [0.29, 0.717) is 23.4 Å². The lowest BCUT2D eigenvalue weighted by Crippen LogP contribution is -2.45. The highest BCUT2D eigenvalue weighted by Crippen LogP contribution is 2.32. The van der Waals surface area contributed by atoms with Crippen molar-refractivity contribution in [1.82, 2.24) is 0 Å². The summed E-state index contributed by atoms with van der Waals surface area (Å²) in [5.74, 6) is -1.55. The summed E-state index contributed by atoms with van der Waals surface area (Å²) in [7, 11) is 0. The van der Waals surface area contributed by atoms with Crippen LogP contribution in [-0.2, 0) is 6.54 Å². The van der Waals surface area contributed by atoms with Gasteiger partial charge < -0.3 is 0 Å². The number of nitrogens with zero attached hydrogens (tertiary/aromatic N) is 1. The molecule has 0 spiro atoms. The first-order chi connectivity index (χ1) is 21.1. The van der Waals surface area contributed by atoms with Gasteiger partial charge in [-0.2, -0.15) is 4.57 Å². The van der Waals surface area contributed by atoms with Gasteiger partial charge >= 0.3 is 0 Å². The largest absolute Gasteiger partial charge is 0.293 e. The van der Waals surface area contributed by atoms with E-state index in [2.05, 4.69) is 63.0 Å². The van der Waals surface area contributed by atoms with Gasteiger partial charge in [-0.1, -0.05) is 137 Å². The number of hydrogen-bond donors (Lipinski definition) is 0. The van der Waals surface area contributed by atoms with Gasteiger partial charge in [-0.25, -0.2) is 0 Å². The molecule has 0 amide bonds. The molecule has 1 heterocycles. The molecular formula is C39H29BrNO2+. The zero-order valence-electron chi connectivity index (χ0n) is 23.4. The zero-order valence-corrected chi connectivity index (χ0v) is 25.0. The van der Waals surface area contributed by atoms with E-state index in [9.17, 15) is 9.59 Å². The lowest BCUT2D eigenvalue weighted by atomic mass is 9.85. The number of carbonyl (C=O) groups is 2. The third kappa shape index (κ3) is 6.30. The van der Waals surface area contributed by atoms with Crippen LogP contribution < -0.4 is 4.57 Å². The fourth-order valence-corrected chi connectivity index (χ4v) is 5.67. The minimum atomic E-state index is -1.07. The molecule has 6 aromatic rings. The maximum atomic E-state index is 14.5. The Morgan fingerprint density at radius 2 is 1.02 bits per heavy atom. The highest BCUT2D eigenvalue weighted by molar-refractivity contribution is 9.10. The van der Waals surface area contributed by atoms with E-state index in [1.54, 1.807) is 24.3 Å². The Morgan fingerprint density at radius 1 is 0.535 bits per heavy atom. The van der Waals surface area contributed by atoms with Crippen molar-refractivity contribution in [2.45, 2.75) is 12.5 Å². The number of rotatable bonds is 9. The molecule has 1 aromatic heterocycles. The molecule has 0 aliphatic heterocycles. The minimum Gasteiger partial charge on any atom is -0.293 e. The molecule has 208 valence electrons. The molecule has 0 fully saturated rings. The Kier molecular flexibility index (Phi) is 8.48. The third-order valence-electron chi connectivity index (χ3n) is 7.57. The Hall–Kier alpha value is -4.93. The monoisotopic (exact) mass is 622 g/mol. The van der Waals surface area contributed by atoms with E-state index in [0.717, 1.165) is 32.4 Å². The number of hydrogen-bond acceptors (Lipinski definition) is 2. The molecule has 0 saturated heterocycles. The summed E-state index contributed by atoms with van der Waals surface area (Å²) < 4.78 is 3.01. The molecule has 0 saturated carbocycles. The standard InChI is InChI=1S/C39H29BrNO2/c40-34-23-21-32(22-24-34)39(43)37(38(42)31-19-11-4-12-20-31)36-26-33(29-15-7-2-8-16-29)25-35(30-17-9-3-10-18-30)41(36)27-28-13-5-1-6-14-28/h1-26,37H,27H2/q+1. The highest BCUT2D eigenvalue weighted by atomic mass is 79.9. The van der Waals surface area contributed by atoms with Gasteiger partial charge in [0.05, 0.1) is 0 Å². The number of halogens is 1. The Balaban J connectivity index is 1.66. The van der Waals surface area contributed by atoms with Gasteiger partial charge in [0.15, 0.2) is 24.0 Å². The maximum absolute atomic E-state index is 14.5. The molecule has 0 bridgehead atoms. The molecule has 3 nitrogen and oxygen atoms in total. The van der Waals surface area contributed by atoms with E-state index in [-0.39, 0.29) is 11.6 Å². The van der Waals surface area contributed by atoms with Crippen LogP contribution in [0.2, 0.25) is 0 Å². The molecule has 6 rings (SSSR count). The van der Waals surface area contributed by atoms with E-state index in [1.165, 1.54) is 0 Å². The number of Topliss-reactive ketones (excluding diaryl/α,β-unsaturated/α-hetero) is 2. The summed E-state index contributed by atoms with van der Waals surface area (Å²) in [4.78, 5) is 29.0. The van der Waals surface area contributed by atoms with Gasteiger partial charge in [0.25, 0.3) is 0 Å². The van der Waals surface area contributed by atoms with Crippen molar-refractivity contribution in [2.24, 2.45) is 0 Å². The fourth-order valence-electron chi connectivity index (χ4n) is 5.41. The lowest BCUT2D eigenvalue weighted by Gasteiger charge is -2.19. The van der Waals surface area contributed by atoms with Crippen LogP contribution >= 0.6 is 15.9 Å². The summed E-state index contributed by atoms with van der Waals surface area (Å²) in [6, 6.07) is 50.9. The first-order valence-electron chi connectivity index (χ1n) is 14.2. The maximum Gasteiger partial charge on any atom is 0.213 e. The number of benzene rings is 5. The normalized spacial score (nSPS) is 11.6. The molecule has 1 unspecified atom stereocenters. The lowest BCUT2D eigenvalue weighted by molar-refractivity contribution is -0.684. The van der Waals surface area contributed by atoms with Gasteiger partial charge in [-0.3, -0.25) is 9.59 Å². The molecule has 43 heavy (non-hydrogen) atoms. The Morgan fingerprint density at radius 3 is 1.60 bits per heavy atom. The number of pyridine rings is 1. The third-order valence-corrected chi connectivity index (χ3v) is 8.09. The van der Waals surface area contributed by atoms with Crippen LogP contribution in [0, 0.1) is 0 Å². The van der Waals surface area contributed by atoms with E-state index >= 15 is 0 Å². The highest BCUT2D eigenvalue weighted by Gasteiger charge is 2.39. The van der Waals surface area contributed by atoms with Crippen LogP contribution in [0.25, 0.3) is 22.4 Å². The molecule has 4 heteroatoms. The molecule has 5 aromatic carbocycles. The predicted molar refractivity (Wildman–Crippen MR) is 175 cm³/mol. The topological polar surface area (TPSA) is 38.0 Å². The zero-order chi connectivity index (χ0) is 29.6. The second-order valence-electron chi connectivity index (χ2n) is 10.4. The molecular weight excluding hydrogens is 594 g/mol. The van der Waals surface area contributed by atoms with Crippen LogP contribution in [0.15, 0.2) is 162 Å². The van der Waals surface area contributed by atoms with Gasteiger partial charge in [0.2, 0.25) is 11.4 Å². The average molecular weight is 624 g/mol. The summed E-state index contributed by atoms with van der Waals surface area (Å²) in [5, 5.41) is 0. The van der Waals surface area contributed by atoms with Gasteiger partial charge in [-0.05, 0) is 35.4 Å². The molecule has 0 radical (unpaired) electrons. The van der Waals surface area contributed by atoms with Crippen LogP contribution in [0.1, 0.15) is 37.9 Å². The van der Waals surface area contributed by atoms with Gasteiger partial charge in [0.1, 0.15) is 0 Å². The summed E-state index contributed by atoms with van der Waals surface area (Å²) in [6.07, 6.45) is 0. The fraction of sp³-hybridized carbons (Fsp3) is 0.0513. The van der Waals surface area contributed by atoms with Gasteiger partial charge in [0, 0.05) is 38.9 Å². The number of carbonyl (C=O) groups excluding carboxylic acids is 2. The summed E-state index contributed by atoms with van der Waals surface area (Å²) >= 11 is 3.48. The van der Waals surface area contributed by atoms with Crippen molar-refractivity contribution in [3.05, 3.63) is 185 Å². The number of ketones is 2. The quantitative estimate of drug-likeness (QED) is 0.0916. The van der Waals surface area contributed by atoms with Crippen LogP contribution in [0.4, 0.5) is 0 Å². The van der Waals surface area contributed by atoms with Crippen molar-refractivity contribution in [1.29, 1.82) is 0 Å². The molecule has 0 aliphatic carbocycles. The SMILES string of the molecule is O=C(c1ccccc1)C(C(=O)c1ccc(Br)cc1)c1cc(-c2ccccc2)cc(-c2ccccc2)[n+]1Cc1ccccc1. The van der Waals surface area contributed by atoms with Crippen LogP contribution in [0.5, 0.6) is 0 Å². The second-order valence-corrected chi connectivity index (χ2v) is 11.3. The van der Waals surface area contributed by atoms with Crippen molar-refractivity contribution in [3.8, 4) is 22.4 Å². The second kappa shape index (κ2) is 12.9. The van der Waals surface area contributed by atoms with Crippen molar-refractivity contribution in [2.75, 3.05) is 0 Å². The summed E-state index contributed by atoms with van der Waals surface area (Å²) in [5.41, 5.74) is 6.56. The Bertz CT molecular complexity index is 1850. The van der Waals surface area contributed by atoms with E-state index in [4.69, 9.17) is 0 Å². The van der Waals surface area contributed by atoms with Gasteiger partial charge in [-0.15, -0.1) is 0 Å². The molecule has 0 N–H and O–H groups in total. The van der Waals surface area contributed by atoms with Crippen LogP contribution in [0.3, 0.4) is 0 Å². The van der Waals surface area contributed by atoms with Crippen molar-refractivity contribution >= 4 is 27.5 Å². The predicted octanol–water partition coefficient (Wildman–Crippen LogP) is 8.97. The molecule has 1 atom stereocenters. The average Bonchev–Trinajstić information content (AvgIpc) is 3.07. The summed E-state index contributed by atoms with van der Waals surface area (Å²) in [6.45, 7) is 0.488. The number of aromatic nitrogens is 1. The minimum absolute atomic E-state index is 0.237. The van der Waals surface area contributed by atoms with E-state index < -0.39 is 5.92 Å². The van der Waals surface area contributed by atoms with Crippen molar-refractivity contribution < 1.29 is 14.2 Å². The van der Waals surface area contributed by atoms with E-state index in [1.807, 2.05) is 91.0 Å². The molecule has 0 aliphatic rings. The first-order valence-corrected chi connectivity index (χ1v) is 15.0. The van der Waals surface area contributed by atoms with Crippen LogP contribution in [-0.4, -0.2) is 11.6 Å². The Labute approximate surface area is 260 Å². The van der Waals surface area contributed by atoms with Crippen molar-refractivity contribution in [3.63, 3.8) is 0 Å².